The number of aliphatic hydroxyl groups is 1. The van der Waals surface area contributed by atoms with Crippen LogP contribution in [0.4, 0.5) is 11.6 Å². The third-order valence-corrected chi connectivity index (χ3v) is 1.97. The first kappa shape index (κ1) is 13.1. The van der Waals surface area contributed by atoms with Crippen molar-refractivity contribution >= 4 is 11.6 Å². The monoisotopic (exact) mass is 242 g/mol. The number of ether oxygens (including phenoxy) is 1. The molecular formula is C9H14N4O4. The SMILES string of the molecule is CNc1nc(C)c([N+](=O)[O-])c(OCCCO)n1. The van der Waals surface area contributed by atoms with Gasteiger partial charge >= 0.3 is 5.69 Å². The standard InChI is InChI=1S/C9H14N4O4/c1-6-7(13(15)16)8(17-5-3-4-14)12-9(10-2)11-6/h14H,3-5H2,1-2H3,(H,10,11,12). The Hall–Kier alpha value is -1.96. The Morgan fingerprint density at radius 3 is 2.76 bits per heavy atom. The Morgan fingerprint density at radius 2 is 2.24 bits per heavy atom. The largest absolute Gasteiger partial charge is 0.473 e. The van der Waals surface area contributed by atoms with Gasteiger partial charge in [-0.15, -0.1) is 0 Å². The Bertz CT molecular complexity index is 410. The highest BCUT2D eigenvalue weighted by molar-refractivity contribution is 5.48. The summed E-state index contributed by atoms with van der Waals surface area (Å²) in [6.45, 7) is 1.63. The summed E-state index contributed by atoms with van der Waals surface area (Å²) in [6, 6.07) is 0. The molecule has 0 aliphatic carbocycles. The first-order chi connectivity index (χ1) is 8.10. The smallest absolute Gasteiger partial charge is 0.352 e. The maximum absolute atomic E-state index is 10.9. The minimum atomic E-state index is -0.580. The van der Waals surface area contributed by atoms with Gasteiger partial charge < -0.3 is 15.2 Å². The molecule has 2 N–H and O–H groups in total. The number of rotatable bonds is 6. The van der Waals surface area contributed by atoms with E-state index < -0.39 is 4.92 Å². The molecule has 0 bridgehead atoms. The Morgan fingerprint density at radius 1 is 1.53 bits per heavy atom. The highest BCUT2D eigenvalue weighted by Gasteiger charge is 2.23. The molecule has 0 unspecified atom stereocenters. The van der Waals surface area contributed by atoms with Crippen LogP contribution >= 0.6 is 0 Å². The summed E-state index contributed by atoms with van der Waals surface area (Å²) in [5, 5.41) is 22.2. The average Bonchev–Trinajstić information content (AvgIpc) is 2.28. The van der Waals surface area contributed by atoms with E-state index in [1.165, 1.54) is 6.92 Å². The number of aromatic nitrogens is 2. The summed E-state index contributed by atoms with van der Waals surface area (Å²) < 4.78 is 5.17. The maximum atomic E-state index is 10.9. The molecule has 0 saturated carbocycles. The van der Waals surface area contributed by atoms with Crippen LogP contribution in [-0.4, -0.2) is 40.3 Å². The van der Waals surface area contributed by atoms with Crippen LogP contribution in [0.1, 0.15) is 12.1 Å². The molecule has 0 aliphatic rings. The Balaban J connectivity index is 3.04. The van der Waals surface area contributed by atoms with Crippen LogP contribution in [0.25, 0.3) is 0 Å². The molecule has 1 rings (SSSR count). The van der Waals surface area contributed by atoms with Crippen LogP contribution in [0.15, 0.2) is 0 Å². The quantitative estimate of drug-likeness (QED) is 0.424. The predicted octanol–water partition coefficient (Wildman–Crippen LogP) is 0.496. The Kier molecular flexibility index (Phi) is 4.58. The van der Waals surface area contributed by atoms with Crippen LogP contribution < -0.4 is 10.1 Å². The van der Waals surface area contributed by atoms with Gasteiger partial charge in [-0.2, -0.15) is 4.98 Å². The van der Waals surface area contributed by atoms with Gasteiger partial charge in [-0.05, 0) is 6.92 Å². The molecule has 17 heavy (non-hydrogen) atoms. The van der Waals surface area contributed by atoms with E-state index in [2.05, 4.69) is 15.3 Å². The van der Waals surface area contributed by atoms with E-state index in [1.54, 1.807) is 7.05 Å². The van der Waals surface area contributed by atoms with Gasteiger partial charge in [0.2, 0.25) is 5.95 Å². The predicted molar refractivity (Wildman–Crippen MR) is 60.2 cm³/mol. The lowest BCUT2D eigenvalue weighted by Crippen LogP contribution is -2.08. The first-order valence-corrected chi connectivity index (χ1v) is 5.04. The summed E-state index contributed by atoms with van der Waals surface area (Å²) in [5.41, 5.74) is -0.0183. The van der Waals surface area contributed by atoms with E-state index in [-0.39, 0.29) is 36.4 Å². The molecule has 8 heteroatoms. The fourth-order valence-electron chi connectivity index (χ4n) is 1.20. The number of nitro groups is 1. The van der Waals surface area contributed by atoms with E-state index in [4.69, 9.17) is 9.84 Å². The molecule has 0 radical (unpaired) electrons. The van der Waals surface area contributed by atoms with Crippen molar-refractivity contribution in [3.8, 4) is 5.88 Å². The molecule has 94 valence electrons. The number of hydrogen-bond acceptors (Lipinski definition) is 7. The molecule has 0 fully saturated rings. The van der Waals surface area contributed by atoms with Crippen LogP contribution in [0.5, 0.6) is 5.88 Å². The van der Waals surface area contributed by atoms with Crippen LogP contribution in [0.2, 0.25) is 0 Å². The van der Waals surface area contributed by atoms with Crippen molar-refractivity contribution in [2.75, 3.05) is 25.6 Å². The Labute approximate surface area is 97.8 Å². The van der Waals surface area contributed by atoms with Gasteiger partial charge in [0.15, 0.2) is 0 Å². The van der Waals surface area contributed by atoms with Gasteiger partial charge in [0.25, 0.3) is 5.88 Å². The van der Waals surface area contributed by atoms with E-state index in [0.717, 1.165) is 0 Å². The summed E-state index contributed by atoms with van der Waals surface area (Å²) in [5.74, 6) is 0.174. The topological polar surface area (TPSA) is 110 Å². The van der Waals surface area contributed by atoms with E-state index in [1.807, 2.05) is 0 Å². The molecule has 0 aromatic carbocycles. The number of hydrogen-bond donors (Lipinski definition) is 2. The van der Waals surface area contributed by atoms with Crippen molar-refractivity contribution in [2.24, 2.45) is 0 Å². The summed E-state index contributed by atoms with van der Waals surface area (Å²) in [7, 11) is 1.61. The van der Waals surface area contributed by atoms with E-state index in [0.29, 0.717) is 6.42 Å². The van der Waals surface area contributed by atoms with Crippen molar-refractivity contribution in [3.63, 3.8) is 0 Å². The van der Waals surface area contributed by atoms with E-state index in [9.17, 15) is 10.1 Å². The molecule has 0 aliphatic heterocycles. The molecular weight excluding hydrogens is 228 g/mol. The van der Waals surface area contributed by atoms with Gasteiger partial charge in [-0.1, -0.05) is 0 Å². The normalized spacial score (nSPS) is 10.1. The molecule has 0 amide bonds. The van der Waals surface area contributed by atoms with Crippen molar-refractivity contribution < 1.29 is 14.8 Å². The zero-order chi connectivity index (χ0) is 12.8. The molecule has 1 aromatic rings. The molecule has 1 aromatic heterocycles. The van der Waals surface area contributed by atoms with Crippen molar-refractivity contribution in [2.45, 2.75) is 13.3 Å². The lowest BCUT2D eigenvalue weighted by molar-refractivity contribution is -0.387. The van der Waals surface area contributed by atoms with E-state index >= 15 is 0 Å². The highest BCUT2D eigenvalue weighted by Crippen LogP contribution is 2.28. The molecule has 8 nitrogen and oxygen atoms in total. The highest BCUT2D eigenvalue weighted by atomic mass is 16.6. The zero-order valence-corrected chi connectivity index (χ0v) is 9.63. The first-order valence-electron chi connectivity index (χ1n) is 5.04. The van der Waals surface area contributed by atoms with Crippen molar-refractivity contribution in [1.82, 2.24) is 9.97 Å². The second-order valence-corrected chi connectivity index (χ2v) is 3.22. The van der Waals surface area contributed by atoms with Crippen molar-refractivity contribution in [3.05, 3.63) is 15.8 Å². The summed E-state index contributed by atoms with van der Waals surface area (Å²) in [6.07, 6.45) is 0.384. The minimum Gasteiger partial charge on any atom is -0.473 e. The lowest BCUT2D eigenvalue weighted by atomic mass is 10.3. The maximum Gasteiger partial charge on any atom is 0.352 e. The van der Waals surface area contributed by atoms with Crippen LogP contribution in [-0.2, 0) is 0 Å². The third-order valence-electron chi connectivity index (χ3n) is 1.97. The van der Waals surface area contributed by atoms with Crippen LogP contribution in [0, 0.1) is 17.0 Å². The summed E-state index contributed by atoms with van der Waals surface area (Å²) >= 11 is 0. The summed E-state index contributed by atoms with van der Waals surface area (Å²) in [4.78, 5) is 18.1. The number of aryl methyl sites for hydroxylation is 1. The number of anilines is 1. The van der Waals surface area contributed by atoms with Crippen molar-refractivity contribution in [1.29, 1.82) is 0 Å². The average molecular weight is 242 g/mol. The molecule has 0 spiro atoms. The van der Waals surface area contributed by atoms with Gasteiger partial charge in [0, 0.05) is 20.1 Å². The van der Waals surface area contributed by atoms with Gasteiger partial charge in [0.1, 0.15) is 5.69 Å². The second kappa shape index (κ2) is 5.94. The number of aliphatic hydroxyl groups excluding tert-OH is 1. The second-order valence-electron chi connectivity index (χ2n) is 3.22. The van der Waals surface area contributed by atoms with Gasteiger partial charge in [0.05, 0.1) is 11.5 Å². The van der Waals surface area contributed by atoms with Crippen LogP contribution in [0.3, 0.4) is 0 Å². The van der Waals surface area contributed by atoms with Gasteiger partial charge in [-0.25, -0.2) is 4.98 Å². The lowest BCUT2D eigenvalue weighted by Gasteiger charge is -2.08. The molecule has 0 saturated heterocycles. The third kappa shape index (κ3) is 3.25. The zero-order valence-electron chi connectivity index (χ0n) is 9.63. The van der Waals surface area contributed by atoms with Gasteiger partial charge in [-0.3, -0.25) is 10.1 Å². The fourth-order valence-corrected chi connectivity index (χ4v) is 1.20. The minimum absolute atomic E-state index is 0.0449. The number of nitrogens with one attached hydrogen (secondary N) is 1. The number of nitrogens with zero attached hydrogens (tertiary/aromatic N) is 3. The fraction of sp³-hybridized carbons (Fsp3) is 0.556. The molecule has 0 atom stereocenters. The molecule has 1 heterocycles.